The monoisotopic (exact) mass is 332 g/mol. The fourth-order valence-corrected chi connectivity index (χ4v) is 2.87. The van der Waals surface area contributed by atoms with Crippen molar-refractivity contribution in [2.45, 2.75) is 24.9 Å². The quantitative estimate of drug-likeness (QED) is 0.624. The Labute approximate surface area is 110 Å². The molecule has 2 atom stereocenters. The van der Waals surface area contributed by atoms with Crippen molar-refractivity contribution in [3.8, 4) is 5.75 Å². The van der Waals surface area contributed by atoms with Gasteiger partial charge < -0.3 is 9.47 Å². The Morgan fingerprint density at radius 1 is 1.38 bits per heavy atom. The molecule has 0 radical (unpaired) electrons. The van der Waals surface area contributed by atoms with Crippen LogP contribution in [0.15, 0.2) is 24.3 Å². The first-order valence-electron chi connectivity index (χ1n) is 5.65. The smallest absolute Gasteiger partial charge is 0.122 e. The maximum Gasteiger partial charge on any atom is 0.122 e. The van der Waals surface area contributed by atoms with E-state index in [4.69, 9.17) is 9.47 Å². The van der Waals surface area contributed by atoms with Gasteiger partial charge in [0.25, 0.3) is 0 Å². The van der Waals surface area contributed by atoms with Crippen molar-refractivity contribution in [1.82, 2.24) is 0 Å². The van der Waals surface area contributed by atoms with Gasteiger partial charge in [0, 0.05) is 10.3 Å². The highest BCUT2D eigenvalue weighted by Gasteiger charge is 2.23. The Bertz CT molecular complexity index is 332. The van der Waals surface area contributed by atoms with Gasteiger partial charge in [-0.25, -0.2) is 0 Å². The van der Waals surface area contributed by atoms with Crippen molar-refractivity contribution in [3.63, 3.8) is 0 Å². The van der Waals surface area contributed by atoms with Gasteiger partial charge in [-0.1, -0.05) is 40.8 Å². The summed E-state index contributed by atoms with van der Waals surface area (Å²) < 4.78 is 12.3. The fraction of sp³-hybridized carbons (Fsp3) is 0.538. The van der Waals surface area contributed by atoms with E-state index in [0.717, 1.165) is 23.2 Å². The molecular weight excluding hydrogens is 315 g/mol. The van der Waals surface area contributed by atoms with Crippen LogP contribution in [-0.2, 0) is 4.74 Å². The number of ether oxygens (including phenoxy) is 2. The molecule has 0 N–H and O–H groups in total. The molecule has 1 saturated heterocycles. The maximum absolute atomic E-state index is 5.83. The molecule has 3 heteroatoms. The van der Waals surface area contributed by atoms with Gasteiger partial charge in [-0.3, -0.25) is 0 Å². The van der Waals surface area contributed by atoms with Crippen molar-refractivity contribution < 1.29 is 9.47 Å². The average Bonchev–Trinajstić information content (AvgIpc) is 2.39. The SMILES string of the molecule is COc1ccccc1[C@H]1CC[C@@H](CI)OC1. The first-order valence-corrected chi connectivity index (χ1v) is 7.18. The third-order valence-corrected chi connectivity index (χ3v) is 4.10. The summed E-state index contributed by atoms with van der Waals surface area (Å²) >= 11 is 2.39. The van der Waals surface area contributed by atoms with Crippen LogP contribution in [-0.4, -0.2) is 24.2 Å². The van der Waals surface area contributed by atoms with Crippen LogP contribution < -0.4 is 4.74 Å². The fourth-order valence-electron chi connectivity index (χ4n) is 2.18. The zero-order valence-corrected chi connectivity index (χ0v) is 11.6. The molecule has 0 amide bonds. The minimum absolute atomic E-state index is 0.451. The maximum atomic E-state index is 5.83. The number of para-hydroxylation sites is 1. The largest absolute Gasteiger partial charge is 0.496 e. The number of methoxy groups -OCH3 is 1. The molecule has 2 nitrogen and oxygen atoms in total. The molecular formula is C13H17IO2. The molecule has 88 valence electrons. The lowest BCUT2D eigenvalue weighted by Crippen LogP contribution is -2.25. The summed E-state index contributed by atoms with van der Waals surface area (Å²) in [6, 6.07) is 8.26. The molecule has 1 aliphatic heterocycles. The van der Waals surface area contributed by atoms with Crippen LogP contribution in [0.3, 0.4) is 0 Å². The van der Waals surface area contributed by atoms with E-state index in [2.05, 4.69) is 34.7 Å². The van der Waals surface area contributed by atoms with Gasteiger partial charge in [-0.05, 0) is 24.5 Å². The van der Waals surface area contributed by atoms with Gasteiger partial charge in [0.05, 0.1) is 19.8 Å². The molecule has 0 spiro atoms. The van der Waals surface area contributed by atoms with Crippen molar-refractivity contribution in [1.29, 1.82) is 0 Å². The van der Waals surface area contributed by atoms with Crippen LogP contribution in [0.25, 0.3) is 0 Å². The molecule has 0 unspecified atom stereocenters. The normalized spacial score (nSPS) is 25.4. The van der Waals surface area contributed by atoms with E-state index in [9.17, 15) is 0 Å². The molecule has 0 bridgehead atoms. The van der Waals surface area contributed by atoms with E-state index < -0.39 is 0 Å². The van der Waals surface area contributed by atoms with Crippen LogP contribution in [0.5, 0.6) is 5.75 Å². The van der Waals surface area contributed by atoms with Gasteiger partial charge in [0.2, 0.25) is 0 Å². The first-order chi connectivity index (χ1) is 7.85. The van der Waals surface area contributed by atoms with Crippen LogP contribution in [0.1, 0.15) is 24.3 Å². The lowest BCUT2D eigenvalue weighted by molar-refractivity contribution is 0.0196. The second-order valence-corrected chi connectivity index (χ2v) is 5.01. The zero-order valence-electron chi connectivity index (χ0n) is 9.49. The van der Waals surface area contributed by atoms with E-state index in [0.29, 0.717) is 12.0 Å². The summed E-state index contributed by atoms with van der Waals surface area (Å²) in [5.74, 6) is 1.49. The molecule has 0 saturated carbocycles. The summed E-state index contributed by atoms with van der Waals surface area (Å²) in [5.41, 5.74) is 1.29. The zero-order chi connectivity index (χ0) is 11.4. The van der Waals surface area contributed by atoms with Crippen molar-refractivity contribution in [2.24, 2.45) is 0 Å². The molecule has 1 aromatic carbocycles. The van der Waals surface area contributed by atoms with Gasteiger partial charge >= 0.3 is 0 Å². The highest BCUT2D eigenvalue weighted by molar-refractivity contribution is 14.1. The van der Waals surface area contributed by atoms with E-state index in [1.54, 1.807) is 7.11 Å². The molecule has 1 heterocycles. The Morgan fingerprint density at radius 3 is 2.81 bits per heavy atom. The van der Waals surface area contributed by atoms with Crippen molar-refractivity contribution >= 4 is 22.6 Å². The number of halogens is 1. The second-order valence-electron chi connectivity index (χ2n) is 4.13. The van der Waals surface area contributed by atoms with Gasteiger partial charge in [-0.15, -0.1) is 0 Å². The van der Waals surface area contributed by atoms with E-state index in [1.165, 1.54) is 12.0 Å². The standard InChI is InChI=1S/C13H17IO2/c1-15-13-5-3-2-4-12(13)10-6-7-11(8-14)16-9-10/h2-5,10-11H,6-9H2,1H3/t10-,11-/m0/s1. The molecule has 0 aliphatic carbocycles. The van der Waals surface area contributed by atoms with Crippen molar-refractivity contribution in [3.05, 3.63) is 29.8 Å². The molecule has 1 fully saturated rings. The average molecular weight is 332 g/mol. The summed E-state index contributed by atoms with van der Waals surface area (Å²) in [6.07, 6.45) is 2.81. The van der Waals surface area contributed by atoms with Crippen LogP contribution >= 0.6 is 22.6 Å². The Hall–Kier alpha value is -0.290. The molecule has 1 aromatic rings. The topological polar surface area (TPSA) is 18.5 Å². The van der Waals surface area contributed by atoms with E-state index in [-0.39, 0.29) is 0 Å². The summed E-state index contributed by atoms with van der Waals surface area (Å²) in [7, 11) is 1.73. The summed E-state index contributed by atoms with van der Waals surface area (Å²) in [4.78, 5) is 0. The Balaban J connectivity index is 2.07. The Morgan fingerprint density at radius 2 is 2.19 bits per heavy atom. The number of benzene rings is 1. The molecule has 2 rings (SSSR count). The van der Waals surface area contributed by atoms with Crippen LogP contribution in [0.2, 0.25) is 0 Å². The van der Waals surface area contributed by atoms with E-state index >= 15 is 0 Å². The summed E-state index contributed by atoms with van der Waals surface area (Å²) in [5, 5.41) is 0. The number of rotatable bonds is 3. The lowest BCUT2D eigenvalue weighted by Gasteiger charge is -2.29. The van der Waals surface area contributed by atoms with Gasteiger partial charge in [-0.2, -0.15) is 0 Å². The van der Waals surface area contributed by atoms with Gasteiger partial charge in [0.15, 0.2) is 0 Å². The number of hydrogen-bond donors (Lipinski definition) is 0. The minimum Gasteiger partial charge on any atom is -0.496 e. The minimum atomic E-state index is 0.451. The Kier molecular flexibility index (Phi) is 4.46. The summed E-state index contributed by atoms with van der Waals surface area (Å²) in [6.45, 7) is 0.827. The molecule has 16 heavy (non-hydrogen) atoms. The van der Waals surface area contributed by atoms with E-state index in [1.807, 2.05) is 12.1 Å². The second kappa shape index (κ2) is 5.87. The first kappa shape index (κ1) is 12.2. The number of hydrogen-bond acceptors (Lipinski definition) is 2. The third kappa shape index (κ3) is 2.69. The van der Waals surface area contributed by atoms with Gasteiger partial charge in [0.1, 0.15) is 5.75 Å². The predicted octanol–water partition coefficient (Wildman–Crippen LogP) is 3.39. The molecule has 1 aliphatic rings. The highest BCUT2D eigenvalue weighted by Crippen LogP contribution is 2.33. The lowest BCUT2D eigenvalue weighted by atomic mass is 9.91. The highest BCUT2D eigenvalue weighted by atomic mass is 127. The van der Waals surface area contributed by atoms with Crippen LogP contribution in [0.4, 0.5) is 0 Å². The molecule has 0 aromatic heterocycles. The van der Waals surface area contributed by atoms with Crippen LogP contribution in [0, 0.1) is 0 Å². The third-order valence-electron chi connectivity index (χ3n) is 3.12. The number of alkyl halides is 1. The van der Waals surface area contributed by atoms with Crippen molar-refractivity contribution in [2.75, 3.05) is 18.1 Å². The predicted molar refractivity (Wildman–Crippen MR) is 73.6 cm³/mol.